The molecule has 1 aromatic carbocycles. The van der Waals surface area contributed by atoms with Crippen LogP contribution in [0.5, 0.6) is 0 Å². The van der Waals surface area contributed by atoms with Crippen LogP contribution in [0.25, 0.3) is 0 Å². The monoisotopic (exact) mass is 290 g/mol. The normalized spacial score (nSPS) is 10.1. The topological polar surface area (TPSA) is 81.4 Å². The summed E-state index contributed by atoms with van der Waals surface area (Å²) in [4.78, 5) is 23.9. The lowest BCUT2D eigenvalue weighted by molar-refractivity contribution is 0.0526. The number of amides is 1. The van der Waals surface area contributed by atoms with Crippen LogP contribution in [0, 0.1) is 0 Å². The number of rotatable bonds is 4. The molecular weight excluding hydrogens is 276 g/mol. The fourth-order valence-corrected chi connectivity index (χ4v) is 2.31. The van der Waals surface area contributed by atoms with Gasteiger partial charge in [0.1, 0.15) is 4.88 Å². The van der Waals surface area contributed by atoms with Gasteiger partial charge in [-0.15, -0.1) is 11.3 Å². The van der Waals surface area contributed by atoms with Gasteiger partial charge in [-0.25, -0.2) is 4.79 Å². The summed E-state index contributed by atoms with van der Waals surface area (Å²) in [6.07, 6.45) is 0. The number of ether oxygens (including phenoxy) is 1. The number of anilines is 2. The molecule has 3 N–H and O–H groups in total. The molecule has 0 spiro atoms. The minimum absolute atomic E-state index is 0.263. The smallest absolute Gasteiger partial charge is 0.338 e. The maximum Gasteiger partial charge on any atom is 0.338 e. The highest BCUT2D eigenvalue weighted by atomic mass is 32.1. The van der Waals surface area contributed by atoms with Crippen molar-refractivity contribution in [1.29, 1.82) is 0 Å². The molecule has 1 heterocycles. The summed E-state index contributed by atoms with van der Waals surface area (Å²) in [5.41, 5.74) is 7.17. The summed E-state index contributed by atoms with van der Waals surface area (Å²) in [7, 11) is 0. The predicted octanol–water partition coefficient (Wildman–Crippen LogP) is 2.76. The lowest BCUT2D eigenvalue weighted by atomic mass is 10.2. The zero-order chi connectivity index (χ0) is 14.5. The van der Waals surface area contributed by atoms with Crippen molar-refractivity contribution in [2.75, 3.05) is 17.7 Å². The first-order chi connectivity index (χ1) is 9.61. The van der Waals surface area contributed by atoms with Gasteiger partial charge >= 0.3 is 5.97 Å². The summed E-state index contributed by atoms with van der Waals surface area (Å²) < 4.78 is 4.88. The Morgan fingerprint density at radius 3 is 2.50 bits per heavy atom. The minimum atomic E-state index is -0.382. The van der Waals surface area contributed by atoms with Gasteiger partial charge in [0.2, 0.25) is 0 Å². The van der Waals surface area contributed by atoms with Gasteiger partial charge < -0.3 is 15.8 Å². The molecule has 0 saturated carbocycles. The maximum atomic E-state index is 11.9. The Balaban J connectivity index is 2.06. The van der Waals surface area contributed by atoms with Crippen LogP contribution < -0.4 is 11.1 Å². The van der Waals surface area contributed by atoms with Crippen molar-refractivity contribution < 1.29 is 14.3 Å². The van der Waals surface area contributed by atoms with Crippen molar-refractivity contribution >= 4 is 34.6 Å². The van der Waals surface area contributed by atoms with Gasteiger partial charge in [-0.3, -0.25) is 4.79 Å². The SMILES string of the molecule is CCOC(=O)c1ccc(NC(=O)c2sccc2N)cc1. The van der Waals surface area contributed by atoms with Crippen molar-refractivity contribution in [3.8, 4) is 0 Å². The van der Waals surface area contributed by atoms with Gasteiger partial charge in [0.05, 0.1) is 17.9 Å². The highest BCUT2D eigenvalue weighted by molar-refractivity contribution is 7.12. The van der Waals surface area contributed by atoms with E-state index in [1.165, 1.54) is 11.3 Å². The fourth-order valence-electron chi connectivity index (χ4n) is 1.60. The number of carbonyl (C=O) groups is 2. The molecular formula is C14H14N2O3S. The zero-order valence-electron chi connectivity index (χ0n) is 10.9. The Labute approximate surface area is 120 Å². The van der Waals surface area contributed by atoms with E-state index in [-0.39, 0.29) is 11.9 Å². The van der Waals surface area contributed by atoms with E-state index in [0.29, 0.717) is 28.4 Å². The minimum Gasteiger partial charge on any atom is -0.462 e. The van der Waals surface area contributed by atoms with Gasteiger partial charge in [0.15, 0.2) is 0 Å². The lowest BCUT2D eigenvalue weighted by Gasteiger charge is -2.06. The molecule has 0 aliphatic heterocycles. The second kappa shape index (κ2) is 6.21. The molecule has 0 unspecified atom stereocenters. The number of benzene rings is 1. The van der Waals surface area contributed by atoms with Crippen molar-refractivity contribution in [3.63, 3.8) is 0 Å². The Hall–Kier alpha value is -2.34. The lowest BCUT2D eigenvalue weighted by Crippen LogP contribution is -2.12. The highest BCUT2D eigenvalue weighted by Crippen LogP contribution is 2.20. The Bertz CT molecular complexity index is 620. The summed E-state index contributed by atoms with van der Waals surface area (Å²) in [5.74, 6) is -0.644. The number of thiophene rings is 1. The van der Waals surface area contributed by atoms with Crippen LogP contribution in [0.4, 0.5) is 11.4 Å². The van der Waals surface area contributed by atoms with Crippen LogP contribution in [0.15, 0.2) is 35.7 Å². The van der Waals surface area contributed by atoms with E-state index in [1.54, 1.807) is 42.6 Å². The molecule has 0 fully saturated rings. The number of hydrogen-bond acceptors (Lipinski definition) is 5. The van der Waals surface area contributed by atoms with Gasteiger partial charge in [-0.05, 0) is 42.6 Å². The second-order valence-corrected chi connectivity index (χ2v) is 4.87. The number of nitrogens with two attached hydrogens (primary N) is 1. The Morgan fingerprint density at radius 1 is 1.25 bits per heavy atom. The number of nitrogens with one attached hydrogen (secondary N) is 1. The molecule has 0 radical (unpaired) electrons. The average molecular weight is 290 g/mol. The van der Waals surface area contributed by atoms with Crippen molar-refractivity contribution in [1.82, 2.24) is 0 Å². The third-order valence-corrected chi connectivity index (χ3v) is 3.48. The maximum absolute atomic E-state index is 11.9. The van der Waals surface area contributed by atoms with Crippen LogP contribution in [-0.4, -0.2) is 18.5 Å². The molecule has 2 rings (SSSR count). The first-order valence-corrected chi connectivity index (χ1v) is 6.91. The van der Waals surface area contributed by atoms with Gasteiger partial charge in [-0.1, -0.05) is 0 Å². The van der Waals surface area contributed by atoms with Gasteiger partial charge in [0.25, 0.3) is 5.91 Å². The quantitative estimate of drug-likeness (QED) is 0.848. The van der Waals surface area contributed by atoms with Crippen LogP contribution in [0.2, 0.25) is 0 Å². The molecule has 5 nitrogen and oxygen atoms in total. The highest BCUT2D eigenvalue weighted by Gasteiger charge is 2.12. The summed E-state index contributed by atoms with van der Waals surface area (Å²) >= 11 is 1.28. The Morgan fingerprint density at radius 2 is 1.95 bits per heavy atom. The average Bonchev–Trinajstić information content (AvgIpc) is 2.86. The molecule has 0 atom stereocenters. The van der Waals surface area contributed by atoms with E-state index in [4.69, 9.17) is 10.5 Å². The van der Waals surface area contributed by atoms with Crippen LogP contribution in [-0.2, 0) is 4.74 Å². The standard InChI is InChI=1S/C14H14N2O3S/c1-2-19-14(18)9-3-5-10(6-4-9)16-13(17)12-11(15)7-8-20-12/h3-8H,2,15H2,1H3,(H,16,17). The van der Waals surface area contributed by atoms with E-state index >= 15 is 0 Å². The molecule has 104 valence electrons. The van der Waals surface area contributed by atoms with E-state index in [9.17, 15) is 9.59 Å². The molecule has 0 aliphatic rings. The summed E-state index contributed by atoms with van der Waals surface area (Å²) in [5, 5.41) is 4.48. The molecule has 20 heavy (non-hydrogen) atoms. The Kier molecular flexibility index (Phi) is 4.37. The fraction of sp³-hybridized carbons (Fsp3) is 0.143. The molecule has 0 aliphatic carbocycles. The summed E-state index contributed by atoms with van der Waals surface area (Å²) in [6, 6.07) is 8.18. The van der Waals surface area contributed by atoms with Crippen LogP contribution in [0.1, 0.15) is 27.0 Å². The van der Waals surface area contributed by atoms with Gasteiger partial charge in [-0.2, -0.15) is 0 Å². The molecule has 6 heteroatoms. The van der Waals surface area contributed by atoms with Crippen molar-refractivity contribution in [2.45, 2.75) is 6.92 Å². The summed E-state index contributed by atoms with van der Waals surface area (Å²) in [6.45, 7) is 2.08. The molecule has 2 aromatic rings. The molecule has 0 bridgehead atoms. The molecule has 0 saturated heterocycles. The predicted molar refractivity (Wildman–Crippen MR) is 79.1 cm³/mol. The second-order valence-electron chi connectivity index (χ2n) is 3.96. The van der Waals surface area contributed by atoms with Crippen LogP contribution >= 0.6 is 11.3 Å². The number of esters is 1. The first kappa shape index (κ1) is 14.1. The molecule has 1 amide bonds. The third kappa shape index (κ3) is 3.16. The van der Waals surface area contributed by atoms with E-state index in [2.05, 4.69) is 5.32 Å². The van der Waals surface area contributed by atoms with Crippen molar-refractivity contribution in [2.24, 2.45) is 0 Å². The number of hydrogen-bond donors (Lipinski definition) is 2. The van der Waals surface area contributed by atoms with E-state index < -0.39 is 0 Å². The number of carbonyl (C=O) groups excluding carboxylic acids is 2. The molecule has 1 aromatic heterocycles. The van der Waals surface area contributed by atoms with Crippen LogP contribution in [0.3, 0.4) is 0 Å². The van der Waals surface area contributed by atoms with Crippen molar-refractivity contribution in [3.05, 3.63) is 46.2 Å². The van der Waals surface area contributed by atoms with Gasteiger partial charge in [0, 0.05) is 5.69 Å². The first-order valence-electron chi connectivity index (χ1n) is 6.03. The third-order valence-electron chi connectivity index (χ3n) is 2.56. The van der Waals surface area contributed by atoms with E-state index in [1.807, 2.05) is 0 Å². The number of nitrogen functional groups attached to an aromatic ring is 1. The zero-order valence-corrected chi connectivity index (χ0v) is 11.7. The van der Waals surface area contributed by atoms with E-state index in [0.717, 1.165) is 0 Å². The largest absolute Gasteiger partial charge is 0.462 e.